The summed E-state index contributed by atoms with van der Waals surface area (Å²) in [6.07, 6.45) is 0.407. The Morgan fingerprint density at radius 1 is 1.26 bits per heavy atom. The molecule has 4 heteroatoms. The Morgan fingerprint density at radius 3 is 2.48 bits per heavy atom. The van der Waals surface area contributed by atoms with Gasteiger partial charge in [-0.2, -0.15) is 0 Å². The summed E-state index contributed by atoms with van der Waals surface area (Å²) in [5, 5.41) is 13.5. The maximum atomic E-state index is 11.3. The molecule has 23 heavy (non-hydrogen) atoms. The van der Waals surface area contributed by atoms with Crippen molar-refractivity contribution in [2.24, 2.45) is 5.41 Å². The third-order valence-corrected chi connectivity index (χ3v) is 3.47. The van der Waals surface area contributed by atoms with Crippen molar-refractivity contribution in [3.63, 3.8) is 0 Å². The number of aliphatic hydroxyl groups excluding tert-OH is 1. The highest BCUT2D eigenvalue weighted by Crippen LogP contribution is 2.26. The maximum Gasteiger partial charge on any atom is 0.159 e. The zero-order valence-electron chi connectivity index (χ0n) is 15.3. The summed E-state index contributed by atoms with van der Waals surface area (Å²) >= 11 is 0. The Labute approximate surface area is 140 Å². The lowest BCUT2D eigenvalue weighted by Crippen LogP contribution is -2.46. The number of ketones is 1. The molecule has 0 saturated heterocycles. The van der Waals surface area contributed by atoms with Crippen molar-refractivity contribution in [1.82, 2.24) is 5.32 Å². The average molecular weight is 321 g/mol. The first-order chi connectivity index (χ1) is 10.5. The highest BCUT2D eigenvalue weighted by Gasteiger charge is 2.25. The lowest BCUT2D eigenvalue weighted by Gasteiger charge is -2.34. The highest BCUT2D eigenvalue weighted by atomic mass is 16.5. The molecule has 0 aliphatic heterocycles. The van der Waals surface area contributed by atoms with Gasteiger partial charge in [-0.3, -0.25) is 4.79 Å². The van der Waals surface area contributed by atoms with E-state index in [9.17, 15) is 9.90 Å². The third-order valence-electron chi connectivity index (χ3n) is 3.47. The van der Waals surface area contributed by atoms with Crippen LogP contribution in [0, 0.1) is 5.41 Å². The van der Waals surface area contributed by atoms with Crippen molar-refractivity contribution >= 4 is 5.78 Å². The number of carbonyl (C=O) groups excluding carboxylic acids is 1. The van der Waals surface area contributed by atoms with Gasteiger partial charge in [-0.1, -0.05) is 32.9 Å². The first-order valence-corrected chi connectivity index (χ1v) is 8.15. The van der Waals surface area contributed by atoms with E-state index in [2.05, 4.69) is 39.9 Å². The van der Waals surface area contributed by atoms with Crippen molar-refractivity contribution in [3.05, 3.63) is 29.8 Å². The van der Waals surface area contributed by atoms with E-state index in [0.717, 1.165) is 6.42 Å². The van der Waals surface area contributed by atoms with Gasteiger partial charge in [-0.25, -0.2) is 0 Å². The lowest BCUT2D eigenvalue weighted by molar-refractivity contribution is 0.0941. The Balaban J connectivity index is 2.44. The SMILES string of the molecule is CC(=O)c1cccc(OC[C@@H](O)CNC(C)(C)CC(C)(C)C)c1. The predicted octanol–water partition coefficient (Wildman–Crippen LogP) is 3.43. The second-order valence-electron chi connectivity index (χ2n) is 8.05. The quantitative estimate of drug-likeness (QED) is 0.720. The predicted molar refractivity (Wildman–Crippen MR) is 94.1 cm³/mol. The molecule has 2 N–H and O–H groups in total. The number of benzene rings is 1. The zero-order chi connectivity index (χ0) is 17.7. The minimum atomic E-state index is -0.602. The molecule has 0 unspecified atom stereocenters. The Morgan fingerprint density at radius 2 is 1.91 bits per heavy atom. The highest BCUT2D eigenvalue weighted by molar-refractivity contribution is 5.94. The number of nitrogens with one attached hydrogen (secondary N) is 1. The van der Waals surface area contributed by atoms with Gasteiger partial charge in [0.2, 0.25) is 0 Å². The summed E-state index contributed by atoms with van der Waals surface area (Å²) in [6.45, 7) is 13.1. The van der Waals surface area contributed by atoms with Crippen molar-refractivity contribution in [2.75, 3.05) is 13.2 Å². The minimum absolute atomic E-state index is 0.00148. The molecule has 130 valence electrons. The number of hydrogen-bond acceptors (Lipinski definition) is 4. The van der Waals surface area contributed by atoms with Gasteiger partial charge >= 0.3 is 0 Å². The summed E-state index contributed by atoms with van der Waals surface area (Å²) in [5.74, 6) is 0.604. The molecule has 4 nitrogen and oxygen atoms in total. The fourth-order valence-electron chi connectivity index (χ4n) is 2.84. The van der Waals surface area contributed by atoms with Crippen molar-refractivity contribution < 1.29 is 14.6 Å². The number of aliphatic hydroxyl groups is 1. The second-order valence-corrected chi connectivity index (χ2v) is 8.05. The molecule has 0 saturated carbocycles. The molecular weight excluding hydrogens is 290 g/mol. The number of rotatable bonds is 8. The van der Waals surface area contributed by atoms with Gasteiger partial charge in [0.1, 0.15) is 18.5 Å². The molecule has 0 heterocycles. The van der Waals surface area contributed by atoms with Crippen LogP contribution in [0.1, 0.15) is 58.3 Å². The molecule has 0 fully saturated rings. The largest absolute Gasteiger partial charge is 0.491 e. The Kier molecular flexibility index (Phi) is 6.78. The Bertz CT molecular complexity index is 518. The van der Waals surface area contributed by atoms with Crippen LogP contribution in [-0.4, -0.2) is 35.7 Å². The molecule has 1 rings (SSSR count). The monoisotopic (exact) mass is 321 g/mol. The molecule has 1 atom stereocenters. The Hall–Kier alpha value is -1.39. The van der Waals surface area contributed by atoms with Crippen LogP contribution in [-0.2, 0) is 0 Å². The van der Waals surface area contributed by atoms with E-state index in [4.69, 9.17) is 4.74 Å². The number of hydrogen-bond donors (Lipinski definition) is 2. The van der Waals surface area contributed by atoms with E-state index < -0.39 is 6.10 Å². The lowest BCUT2D eigenvalue weighted by atomic mass is 9.82. The molecule has 0 bridgehead atoms. The van der Waals surface area contributed by atoms with Crippen LogP contribution >= 0.6 is 0 Å². The van der Waals surface area contributed by atoms with Crippen molar-refractivity contribution in [2.45, 2.75) is 59.6 Å². The van der Waals surface area contributed by atoms with Gasteiger partial charge in [-0.15, -0.1) is 0 Å². The smallest absolute Gasteiger partial charge is 0.159 e. The fraction of sp³-hybridized carbons (Fsp3) is 0.632. The summed E-state index contributed by atoms with van der Waals surface area (Å²) in [6, 6.07) is 7.02. The first-order valence-electron chi connectivity index (χ1n) is 8.15. The van der Waals surface area contributed by atoms with Crippen molar-refractivity contribution in [3.8, 4) is 5.75 Å². The maximum absolute atomic E-state index is 11.3. The van der Waals surface area contributed by atoms with Crippen LogP contribution in [0.15, 0.2) is 24.3 Å². The second kappa shape index (κ2) is 7.93. The summed E-state index contributed by atoms with van der Waals surface area (Å²) in [7, 11) is 0. The number of ether oxygens (including phenoxy) is 1. The zero-order valence-corrected chi connectivity index (χ0v) is 15.3. The molecule has 0 amide bonds. The number of carbonyl (C=O) groups is 1. The summed E-state index contributed by atoms with van der Waals surface area (Å²) in [4.78, 5) is 11.3. The van der Waals surface area contributed by atoms with E-state index in [1.54, 1.807) is 24.3 Å². The van der Waals surface area contributed by atoms with Gasteiger partial charge < -0.3 is 15.2 Å². The average Bonchev–Trinajstić information content (AvgIpc) is 2.41. The van der Waals surface area contributed by atoms with E-state index in [0.29, 0.717) is 17.9 Å². The van der Waals surface area contributed by atoms with Crippen molar-refractivity contribution in [1.29, 1.82) is 0 Å². The summed E-state index contributed by atoms with van der Waals surface area (Å²) in [5.41, 5.74) is 0.792. The first kappa shape index (κ1) is 19.7. The molecule has 1 aromatic carbocycles. The summed E-state index contributed by atoms with van der Waals surface area (Å²) < 4.78 is 5.58. The molecule has 0 spiro atoms. The van der Waals surface area contributed by atoms with E-state index in [-0.39, 0.29) is 23.3 Å². The van der Waals surface area contributed by atoms with Gasteiger partial charge in [0, 0.05) is 17.6 Å². The minimum Gasteiger partial charge on any atom is -0.491 e. The van der Waals surface area contributed by atoms with Crippen LogP contribution in [0.2, 0.25) is 0 Å². The van der Waals surface area contributed by atoms with Gasteiger partial charge in [-0.05, 0) is 44.7 Å². The topological polar surface area (TPSA) is 58.6 Å². The van der Waals surface area contributed by atoms with E-state index in [1.807, 2.05) is 0 Å². The standard InChI is InChI=1S/C19H31NO3/c1-14(21)15-8-7-9-17(10-15)23-12-16(22)11-20-19(5,6)13-18(2,3)4/h7-10,16,20,22H,11-13H2,1-6H3/t16-/m0/s1. The van der Waals surface area contributed by atoms with Crippen LogP contribution in [0.25, 0.3) is 0 Å². The van der Waals surface area contributed by atoms with Crippen LogP contribution in [0.5, 0.6) is 5.75 Å². The van der Waals surface area contributed by atoms with Gasteiger partial charge in [0.25, 0.3) is 0 Å². The normalized spacial score (nSPS) is 13.7. The molecule has 0 aliphatic rings. The molecule has 0 aromatic heterocycles. The van der Waals surface area contributed by atoms with Crippen LogP contribution in [0.3, 0.4) is 0 Å². The van der Waals surface area contributed by atoms with Crippen LogP contribution < -0.4 is 10.1 Å². The molecule has 1 aromatic rings. The molecular formula is C19H31NO3. The van der Waals surface area contributed by atoms with Crippen LogP contribution in [0.4, 0.5) is 0 Å². The fourth-order valence-corrected chi connectivity index (χ4v) is 2.84. The van der Waals surface area contributed by atoms with E-state index >= 15 is 0 Å². The molecule has 0 aliphatic carbocycles. The molecule has 0 radical (unpaired) electrons. The van der Waals surface area contributed by atoms with Gasteiger partial charge in [0.15, 0.2) is 5.78 Å². The van der Waals surface area contributed by atoms with E-state index in [1.165, 1.54) is 6.92 Å². The number of Topliss-reactive ketones (excluding diaryl/α,β-unsaturated/α-hetero) is 1. The third kappa shape index (κ3) is 8.14. The number of β-amino-alcohol motifs (C(OH)–C–C–N with tert-alkyl or cyclic N) is 1. The van der Waals surface area contributed by atoms with Gasteiger partial charge in [0.05, 0.1) is 0 Å².